The van der Waals surface area contributed by atoms with E-state index in [2.05, 4.69) is 0 Å². The SMILES string of the molecule is CC(Cl)CCN(C)C(=O)CC1CCCO1. The van der Waals surface area contributed by atoms with E-state index in [0.717, 1.165) is 32.4 Å². The van der Waals surface area contributed by atoms with Crippen LogP contribution in [0.15, 0.2) is 0 Å². The van der Waals surface area contributed by atoms with E-state index >= 15 is 0 Å². The summed E-state index contributed by atoms with van der Waals surface area (Å²) in [6.45, 7) is 3.48. The number of carbonyl (C=O) groups is 1. The van der Waals surface area contributed by atoms with Gasteiger partial charge in [0.15, 0.2) is 0 Å². The predicted octanol–water partition coefficient (Wildman–Crippen LogP) is 2.03. The van der Waals surface area contributed by atoms with Crippen molar-refractivity contribution >= 4 is 17.5 Å². The number of hydrogen-bond donors (Lipinski definition) is 0. The molecule has 2 atom stereocenters. The average Bonchev–Trinajstić information content (AvgIpc) is 2.66. The van der Waals surface area contributed by atoms with Gasteiger partial charge in [-0.15, -0.1) is 11.6 Å². The number of alkyl halides is 1. The fourth-order valence-corrected chi connectivity index (χ4v) is 1.75. The third-order valence-corrected chi connectivity index (χ3v) is 2.93. The van der Waals surface area contributed by atoms with Gasteiger partial charge >= 0.3 is 0 Å². The number of carbonyl (C=O) groups excluding carboxylic acids is 1. The van der Waals surface area contributed by atoms with E-state index < -0.39 is 0 Å². The van der Waals surface area contributed by atoms with Crippen LogP contribution in [-0.2, 0) is 9.53 Å². The smallest absolute Gasteiger partial charge is 0.224 e. The van der Waals surface area contributed by atoms with Crippen LogP contribution in [0.5, 0.6) is 0 Å². The Kier molecular flexibility index (Phi) is 5.40. The summed E-state index contributed by atoms with van der Waals surface area (Å²) < 4.78 is 5.43. The third-order valence-electron chi connectivity index (χ3n) is 2.71. The lowest BCUT2D eigenvalue weighted by molar-refractivity contribution is -0.132. The van der Waals surface area contributed by atoms with Crippen molar-refractivity contribution in [2.45, 2.75) is 44.1 Å². The molecule has 1 heterocycles. The van der Waals surface area contributed by atoms with Gasteiger partial charge in [-0.2, -0.15) is 0 Å². The number of amides is 1. The van der Waals surface area contributed by atoms with Gasteiger partial charge in [0.25, 0.3) is 0 Å². The molecule has 1 aliphatic rings. The zero-order valence-electron chi connectivity index (χ0n) is 9.54. The van der Waals surface area contributed by atoms with Crippen LogP contribution in [0.1, 0.15) is 32.6 Å². The third kappa shape index (κ3) is 4.85. The van der Waals surface area contributed by atoms with Crippen LogP contribution in [0, 0.1) is 0 Å². The van der Waals surface area contributed by atoms with Gasteiger partial charge in [0.2, 0.25) is 5.91 Å². The highest BCUT2D eigenvalue weighted by Gasteiger charge is 2.20. The lowest BCUT2D eigenvalue weighted by Crippen LogP contribution is -2.31. The molecule has 0 spiro atoms. The highest BCUT2D eigenvalue weighted by Crippen LogP contribution is 2.16. The highest BCUT2D eigenvalue weighted by molar-refractivity contribution is 6.20. The van der Waals surface area contributed by atoms with Gasteiger partial charge in [-0.05, 0) is 26.2 Å². The Morgan fingerprint density at radius 3 is 2.93 bits per heavy atom. The molecule has 0 saturated carbocycles. The van der Waals surface area contributed by atoms with Crippen LogP contribution in [0.4, 0.5) is 0 Å². The Morgan fingerprint density at radius 1 is 1.67 bits per heavy atom. The molecular weight excluding hydrogens is 214 g/mol. The number of hydrogen-bond acceptors (Lipinski definition) is 2. The topological polar surface area (TPSA) is 29.5 Å². The predicted molar refractivity (Wildman–Crippen MR) is 61.2 cm³/mol. The second-order valence-corrected chi connectivity index (χ2v) is 4.97. The molecule has 1 aliphatic heterocycles. The molecule has 0 aromatic heterocycles. The Bertz CT molecular complexity index is 203. The van der Waals surface area contributed by atoms with Gasteiger partial charge < -0.3 is 9.64 Å². The second kappa shape index (κ2) is 6.33. The standard InChI is InChI=1S/C11H20ClNO2/c1-9(12)5-6-13(2)11(14)8-10-4-3-7-15-10/h9-10H,3-8H2,1-2H3. The van der Waals surface area contributed by atoms with Crippen molar-refractivity contribution in [3.8, 4) is 0 Å². The van der Waals surface area contributed by atoms with Crippen LogP contribution in [0.2, 0.25) is 0 Å². The van der Waals surface area contributed by atoms with E-state index in [1.165, 1.54) is 0 Å². The molecule has 0 radical (unpaired) electrons. The first kappa shape index (κ1) is 12.8. The number of halogens is 1. The highest BCUT2D eigenvalue weighted by atomic mass is 35.5. The second-order valence-electron chi connectivity index (χ2n) is 4.22. The summed E-state index contributed by atoms with van der Waals surface area (Å²) in [5.41, 5.74) is 0. The number of nitrogens with zero attached hydrogens (tertiary/aromatic N) is 1. The monoisotopic (exact) mass is 233 g/mol. The minimum atomic E-state index is 0.128. The minimum absolute atomic E-state index is 0.128. The van der Waals surface area contributed by atoms with Crippen molar-refractivity contribution in [1.29, 1.82) is 0 Å². The molecule has 0 aliphatic carbocycles. The van der Waals surface area contributed by atoms with Gasteiger partial charge in [-0.1, -0.05) is 0 Å². The summed E-state index contributed by atoms with van der Waals surface area (Å²) in [4.78, 5) is 13.5. The van der Waals surface area contributed by atoms with Crippen LogP contribution in [-0.4, -0.2) is 42.5 Å². The fraction of sp³-hybridized carbons (Fsp3) is 0.909. The first-order valence-corrected chi connectivity index (χ1v) is 6.03. The number of ether oxygens (including phenoxy) is 1. The van der Waals surface area contributed by atoms with Gasteiger partial charge in [-0.3, -0.25) is 4.79 Å². The molecule has 4 heteroatoms. The van der Waals surface area contributed by atoms with Crippen molar-refractivity contribution in [3.05, 3.63) is 0 Å². The van der Waals surface area contributed by atoms with Crippen LogP contribution >= 0.6 is 11.6 Å². The normalized spacial score (nSPS) is 22.7. The van der Waals surface area contributed by atoms with Crippen molar-refractivity contribution in [1.82, 2.24) is 4.90 Å². The lowest BCUT2D eigenvalue weighted by atomic mass is 10.1. The molecular formula is C11H20ClNO2. The summed E-state index contributed by atoms with van der Waals surface area (Å²) in [5.74, 6) is 0.166. The molecule has 2 unspecified atom stereocenters. The van der Waals surface area contributed by atoms with Gasteiger partial charge in [0.1, 0.15) is 0 Å². The summed E-state index contributed by atoms with van der Waals surface area (Å²) in [6.07, 6.45) is 3.61. The quantitative estimate of drug-likeness (QED) is 0.680. The summed E-state index contributed by atoms with van der Waals surface area (Å²) in [7, 11) is 1.83. The molecule has 1 rings (SSSR count). The fourth-order valence-electron chi connectivity index (χ4n) is 1.65. The number of rotatable bonds is 5. The lowest BCUT2D eigenvalue weighted by Gasteiger charge is -2.19. The molecule has 1 fully saturated rings. The molecule has 88 valence electrons. The zero-order valence-corrected chi connectivity index (χ0v) is 10.3. The summed E-state index contributed by atoms with van der Waals surface area (Å²) >= 11 is 5.83. The van der Waals surface area contributed by atoms with Crippen molar-refractivity contribution in [2.75, 3.05) is 20.2 Å². The molecule has 15 heavy (non-hydrogen) atoms. The van der Waals surface area contributed by atoms with Crippen LogP contribution in [0.25, 0.3) is 0 Å². The van der Waals surface area contributed by atoms with E-state index in [-0.39, 0.29) is 17.4 Å². The first-order chi connectivity index (χ1) is 7.09. The molecule has 0 aromatic rings. The van der Waals surface area contributed by atoms with Gasteiger partial charge in [0, 0.05) is 25.6 Å². The van der Waals surface area contributed by atoms with Crippen molar-refractivity contribution < 1.29 is 9.53 Å². The van der Waals surface area contributed by atoms with Crippen molar-refractivity contribution in [3.63, 3.8) is 0 Å². The Morgan fingerprint density at radius 2 is 2.40 bits per heavy atom. The van der Waals surface area contributed by atoms with Crippen LogP contribution in [0.3, 0.4) is 0 Å². The molecule has 0 bridgehead atoms. The van der Waals surface area contributed by atoms with Gasteiger partial charge in [-0.25, -0.2) is 0 Å². The van der Waals surface area contributed by atoms with Crippen LogP contribution < -0.4 is 0 Å². The van der Waals surface area contributed by atoms with E-state index in [9.17, 15) is 4.79 Å². The molecule has 1 amide bonds. The largest absolute Gasteiger partial charge is 0.378 e. The van der Waals surface area contributed by atoms with E-state index in [1.807, 2.05) is 14.0 Å². The molecule has 0 aromatic carbocycles. The molecule has 1 saturated heterocycles. The maximum absolute atomic E-state index is 11.7. The maximum Gasteiger partial charge on any atom is 0.224 e. The molecule has 3 nitrogen and oxygen atoms in total. The van der Waals surface area contributed by atoms with E-state index in [4.69, 9.17) is 16.3 Å². The zero-order chi connectivity index (χ0) is 11.3. The summed E-state index contributed by atoms with van der Waals surface area (Å²) in [6, 6.07) is 0. The van der Waals surface area contributed by atoms with Crippen molar-refractivity contribution in [2.24, 2.45) is 0 Å². The average molecular weight is 234 g/mol. The first-order valence-electron chi connectivity index (χ1n) is 5.59. The Labute approximate surface area is 96.7 Å². The summed E-state index contributed by atoms with van der Waals surface area (Å²) in [5, 5.41) is 0.128. The Hall–Kier alpha value is -0.280. The van der Waals surface area contributed by atoms with Gasteiger partial charge in [0.05, 0.1) is 12.5 Å². The Balaban J connectivity index is 2.20. The van der Waals surface area contributed by atoms with E-state index in [0.29, 0.717) is 6.42 Å². The van der Waals surface area contributed by atoms with E-state index in [1.54, 1.807) is 4.90 Å². The minimum Gasteiger partial charge on any atom is -0.378 e. The molecule has 0 N–H and O–H groups in total. The maximum atomic E-state index is 11.7.